The molecule has 30 heteroatoms. The molecule has 0 saturated carbocycles. The van der Waals surface area contributed by atoms with Crippen molar-refractivity contribution in [1.82, 2.24) is 56.3 Å². The fourth-order valence-corrected chi connectivity index (χ4v) is 16.0. The molecule has 3 aliphatic rings. The first-order chi connectivity index (χ1) is 57.3. The van der Waals surface area contributed by atoms with E-state index >= 15 is 14.4 Å². The number of esters is 1. The molecule has 0 radical (unpaired) electrons. The van der Waals surface area contributed by atoms with Gasteiger partial charge >= 0.3 is 18.2 Å². The number of fused-ring (bicyclic) bond motifs is 4. The molecule has 1 aromatic heterocycles. The Morgan fingerprint density at radius 1 is 0.603 bits per heavy atom. The second-order valence-corrected chi connectivity index (χ2v) is 39.8. The minimum Gasteiger partial charge on any atom is -0.544 e. The largest absolute Gasteiger partial charge is 0.544 e. The number of benzene rings is 7. The van der Waals surface area contributed by atoms with Crippen molar-refractivity contribution in [3.8, 4) is 22.6 Å². The summed E-state index contributed by atoms with van der Waals surface area (Å²) in [5.74, 6) is -4.42. The molecule has 121 heavy (non-hydrogen) atoms. The molecule has 3 heterocycles. The van der Waals surface area contributed by atoms with Crippen LogP contribution in [-0.2, 0) is 84.9 Å². The summed E-state index contributed by atoms with van der Waals surface area (Å²) in [5, 5.41) is 29.1. The highest BCUT2D eigenvalue weighted by Gasteiger charge is 2.49. The van der Waals surface area contributed by atoms with Gasteiger partial charge in [0.25, 0.3) is 0 Å². The lowest BCUT2D eigenvalue weighted by molar-refractivity contribution is -0.145. The van der Waals surface area contributed by atoms with Gasteiger partial charge in [0.05, 0.1) is 31.4 Å². The molecule has 0 spiro atoms. The topological polar surface area (TPSA) is 366 Å². The first-order valence-electron chi connectivity index (χ1n) is 40.8. The van der Waals surface area contributed by atoms with Gasteiger partial charge in [-0.3, -0.25) is 43.4 Å². The van der Waals surface area contributed by atoms with Crippen molar-refractivity contribution in [3.63, 3.8) is 0 Å². The fourth-order valence-electron chi connectivity index (χ4n) is 15.0. The Hall–Kier alpha value is -12.4. The third-order valence-corrected chi connectivity index (χ3v) is 27.3. The van der Waals surface area contributed by atoms with E-state index in [9.17, 15) is 39.1 Å². The summed E-state index contributed by atoms with van der Waals surface area (Å²) >= 11 is 0. The Kier molecular flexibility index (Phi) is 28.3. The zero-order chi connectivity index (χ0) is 87.4. The van der Waals surface area contributed by atoms with Crippen LogP contribution in [0, 0.1) is 5.41 Å². The number of hydrogen-bond donors (Lipinski definition) is 5. The number of likely N-dealkylation sites (tertiary alicyclic amines) is 2. The van der Waals surface area contributed by atoms with Crippen LogP contribution in [-0.4, -0.2) is 191 Å². The average Bonchev–Trinajstić information content (AvgIpc) is 1.68. The number of ether oxygens (including phenoxy) is 4. The average molecular weight is 1670 g/mol. The Morgan fingerprint density at radius 3 is 1.71 bits per heavy atom. The van der Waals surface area contributed by atoms with Crippen molar-refractivity contribution in [3.05, 3.63) is 226 Å². The number of nitrogens with zero attached hydrogens (tertiary/aromatic N) is 9. The molecule has 2 saturated heterocycles. The predicted octanol–water partition coefficient (Wildman–Crippen LogP) is 12.0. The van der Waals surface area contributed by atoms with E-state index in [0.29, 0.717) is 33.9 Å². The number of carbonyl (C=O) groups excluding carboxylic acids is 10. The van der Waals surface area contributed by atoms with Crippen molar-refractivity contribution in [2.24, 2.45) is 10.5 Å². The predicted molar refractivity (Wildman–Crippen MR) is 458 cm³/mol. The minimum absolute atomic E-state index is 0.0224. The summed E-state index contributed by atoms with van der Waals surface area (Å²) in [6.07, 6.45) is -0.0408. The first kappa shape index (κ1) is 89.4. The lowest BCUT2D eigenvalue weighted by Crippen LogP contribution is -2.61. The van der Waals surface area contributed by atoms with Gasteiger partial charge in [-0.05, 0) is 156 Å². The molecule has 0 bridgehead atoms. The minimum atomic E-state index is -2.18. The maximum Gasteiger partial charge on any atom is 0.410 e. The Bertz CT molecular complexity index is 5110. The van der Waals surface area contributed by atoms with E-state index in [-0.39, 0.29) is 81.6 Å². The Balaban J connectivity index is 0.790. The van der Waals surface area contributed by atoms with Crippen LogP contribution in [0.1, 0.15) is 140 Å². The SMILES string of the molecule is COC(=O)[C@H](Cc1ccc(OCc2cn([C@H]3C[C@@H](C(=O)N[C@@H](Cc4ccc5ccccc5c4)C(=O)N[C@@H](Cc4ccc(O[Si](C)(C)C(C)(C)C)cc4)C(C)=O)N(C(=O)[C@@H](NC(=O)C(C)N(C)C(=O)OC(C)(C)C)C(C)(C)C)C3)nn2)cc1)NC(=O)[C@H](Cc1ccccc1)NC(=O)[C@@H]1C[C@H](N=[N+]=[N-])CN1C(=O)OCC1c2ccccc2-c2ccccc21. The van der Waals surface area contributed by atoms with Crippen LogP contribution in [0.5, 0.6) is 11.5 Å². The third kappa shape index (κ3) is 22.5. The van der Waals surface area contributed by atoms with Crippen LogP contribution in [0.25, 0.3) is 32.3 Å². The van der Waals surface area contributed by atoms with Gasteiger partial charge in [0.15, 0.2) is 5.78 Å². The fraction of sp³-hybridized carbons (Fsp3) is 0.429. The Morgan fingerprint density at radius 2 is 1.13 bits per heavy atom. The molecule has 2 fully saturated rings. The molecule has 11 rings (SSSR count). The van der Waals surface area contributed by atoms with Gasteiger partial charge in [-0.2, -0.15) is 0 Å². The molecule has 7 aromatic carbocycles. The lowest BCUT2D eigenvalue weighted by Gasteiger charge is -2.37. The number of ketones is 1. The van der Waals surface area contributed by atoms with E-state index in [1.165, 1.54) is 42.5 Å². The number of carbonyl (C=O) groups is 10. The van der Waals surface area contributed by atoms with E-state index in [1.54, 1.807) is 102 Å². The van der Waals surface area contributed by atoms with E-state index in [0.717, 1.165) is 43.5 Å². The summed E-state index contributed by atoms with van der Waals surface area (Å²) in [7, 11) is 0.418. The summed E-state index contributed by atoms with van der Waals surface area (Å²) in [6.45, 7) is 23.6. The summed E-state index contributed by atoms with van der Waals surface area (Å²) < 4.78 is 31.0. The number of amides is 8. The molecule has 8 aromatic rings. The second-order valence-electron chi connectivity index (χ2n) is 35.0. The first-order valence-corrected chi connectivity index (χ1v) is 43.7. The maximum atomic E-state index is 15.6. The number of hydrogen-bond acceptors (Lipinski definition) is 18. The molecule has 638 valence electrons. The number of nitrogens with one attached hydrogen (secondary N) is 5. The molecule has 5 N–H and O–H groups in total. The van der Waals surface area contributed by atoms with Crippen LogP contribution < -0.4 is 35.7 Å². The maximum absolute atomic E-state index is 15.6. The Labute approximate surface area is 706 Å². The number of rotatable bonds is 31. The van der Waals surface area contributed by atoms with E-state index in [2.05, 4.69) is 80.8 Å². The molecule has 2 aliphatic heterocycles. The quantitative estimate of drug-likeness (QED) is 0.00673. The zero-order valence-corrected chi connectivity index (χ0v) is 72.3. The summed E-state index contributed by atoms with van der Waals surface area (Å²) in [5.41, 5.74) is 14.7. The second kappa shape index (κ2) is 38.3. The van der Waals surface area contributed by atoms with Gasteiger partial charge < -0.3 is 54.9 Å². The van der Waals surface area contributed by atoms with Crippen LogP contribution in [0.15, 0.2) is 181 Å². The zero-order valence-electron chi connectivity index (χ0n) is 71.3. The standard InChI is InChI=1S/C91H110N14O15Si/c1-55(102(12)87(114)119-90(6,7)8)80(107)97-79(89(3,4)5)85(112)103-52-65(49-78(103)84(111)95-75(47-60-33-38-61-27-19-20-28-62(61)43-60)81(108)93-73(56(2)106)44-58-36-41-67(42-37-58)120-121(14,15)91(9,10)11)105-51-64(99-101-105)53-117-66-39-34-59(35-40-66)46-76(86(113)116-13)96-82(109)74(45-57-25-17-16-18-26-57)94-83(110)77-48-63(98-100-92)50-104(77)88(115)118-54-72-70-31-23-21-29-68(70)69-30-22-24-32-71(69)72/h16-43,51,55,63,65,72-79H,44-50,52-54H2,1-15H3,(H,93,108)(H,94,110)(H,95,111)(H,96,109)(H,97,107)/t55?,63-,65-,73-,74-,75-,76-,77-,78-,79+/m0/s1. The van der Waals surface area contributed by atoms with Crippen LogP contribution in [0.4, 0.5) is 9.59 Å². The van der Waals surface area contributed by atoms with Gasteiger partial charge in [0.2, 0.25) is 43.8 Å². The van der Waals surface area contributed by atoms with Crippen LogP contribution in [0.3, 0.4) is 0 Å². The summed E-state index contributed by atoms with van der Waals surface area (Å²) in [4.78, 5) is 151. The van der Waals surface area contributed by atoms with Crippen molar-refractivity contribution in [2.45, 2.75) is 211 Å². The number of azide groups is 1. The highest BCUT2D eigenvalue weighted by atomic mass is 28.4. The van der Waals surface area contributed by atoms with Crippen molar-refractivity contribution in [1.29, 1.82) is 0 Å². The molecular weight excluding hydrogens is 1560 g/mol. The number of aromatic nitrogens is 3. The highest BCUT2D eigenvalue weighted by Crippen LogP contribution is 2.45. The van der Waals surface area contributed by atoms with Crippen molar-refractivity contribution < 1.29 is 71.3 Å². The van der Waals surface area contributed by atoms with E-state index < -0.39 is 133 Å². The number of Topliss-reactive ketones (excluding diaryl/α,β-unsaturated/α-hetero) is 1. The summed E-state index contributed by atoms with van der Waals surface area (Å²) in [6, 6.07) is 41.0. The van der Waals surface area contributed by atoms with E-state index in [1.807, 2.05) is 115 Å². The molecule has 1 unspecified atom stereocenters. The van der Waals surface area contributed by atoms with Gasteiger partial charge in [-0.1, -0.05) is 197 Å². The third-order valence-electron chi connectivity index (χ3n) is 22.9. The normalized spacial score (nSPS) is 17.3. The molecular formula is C91H110N14O15Si. The molecule has 10 atom stereocenters. The van der Waals surface area contributed by atoms with Crippen LogP contribution >= 0.6 is 0 Å². The van der Waals surface area contributed by atoms with E-state index in [4.69, 9.17) is 23.4 Å². The van der Waals surface area contributed by atoms with Crippen molar-refractivity contribution >= 4 is 78.5 Å². The van der Waals surface area contributed by atoms with Gasteiger partial charge in [-0.25, -0.2) is 19.1 Å². The molecule has 29 nitrogen and oxygen atoms in total. The number of methoxy groups -OCH3 is 1. The molecule has 8 amide bonds. The highest BCUT2D eigenvalue weighted by molar-refractivity contribution is 6.74. The van der Waals surface area contributed by atoms with Crippen molar-refractivity contribution in [2.75, 3.05) is 33.9 Å². The smallest absolute Gasteiger partial charge is 0.410 e. The van der Waals surface area contributed by atoms with Crippen LogP contribution in [0.2, 0.25) is 18.1 Å². The molecule has 1 aliphatic carbocycles. The number of likely N-dealkylation sites (N-methyl/N-ethyl adjacent to an activating group) is 1. The van der Waals surface area contributed by atoms with Gasteiger partial charge in [-0.15, -0.1) is 5.10 Å². The lowest BCUT2D eigenvalue weighted by atomic mass is 9.85. The van der Waals surface area contributed by atoms with Gasteiger partial charge in [0.1, 0.15) is 78.3 Å². The monoisotopic (exact) mass is 1670 g/mol. The van der Waals surface area contributed by atoms with Gasteiger partial charge in [0, 0.05) is 56.7 Å².